The molecular weight excluding hydrogens is 432 g/mol. The van der Waals surface area contributed by atoms with Crippen molar-refractivity contribution in [3.05, 3.63) is 77.4 Å². The van der Waals surface area contributed by atoms with E-state index >= 15 is 0 Å². The van der Waals surface area contributed by atoms with Gasteiger partial charge in [-0.2, -0.15) is 0 Å². The zero-order valence-electron chi connectivity index (χ0n) is 19.8. The van der Waals surface area contributed by atoms with Gasteiger partial charge in [-0.1, -0.05) is 24.8 Å². The molecule has 4 rings (SSSR count). The summed E-state index contributed by atoms with van der Waals surface area (Å²) in [6.07, 6.45) is 2.45. The predicted molar refractivity (Wildman–Crippen MR) is 130 cm³/mol. The Hall–Kier alpha value is -3.58. The van der Waals surface area contributed by atoms with Gasteiger partial charge in [-0.3, -0.25) is 9.59 Å². The van der Waals surface area contributed by atoms with Crippen LogP contribution in [0.2, 0.25) is 0 Å². The van der Waals surface area contributed by atoms with E-state index in [9.17, 15) is 14.7 Å². The molecule has 1 saturated heterocycles. The molecule has 1 N–H and O–H groups in total. The first-order valence-corrected chi connectivity index (χ1v) is 11.4. The number of benzene rings is 2. The van der Waals surface area contributed by atoms with Crippen molar-refractivity contribution in [3.8, 4) is 11.5 Å². The Balaban J connectivity index is 1.77. The smallest absolute Gasteiger partial charge is 0.295 e. The van der Waals surface area contributed by atoms with Crippen LogP contribution in [-0.2, 0) is 16.0 Å². The fourth-order valence-electron chi connectivity index (χ4n) is 4.39. The van der Waals surface area contributed by atoms with Gasteiger partial charge >= 0.3 is 0 Å². The van der Waals surface area contributed by atoms with Crippen molar-refractivity contribution < 1.29 is 24.2 Å². The van der Waals surface area contributed by atoms with Crippen LogP contribution in [-0.4, -0.2) is 66.5 Å². The summed E-state index contributed by atoms with van der Waals surface area (Å²) in [5.41, 5.74) is 2.29. The molecule has 7 nitrogen and oxygen atoms in total. The maximum Gasteiger partial charge on any atom is 0.295 e. The average Bonchev–Trinajstić information content (AvgIpc) is 3.31. The third kappa shape index (κ3) is 4.56. The monoisotopic (exact) mass is 462 g/mol. The molecule has 0 spiro atoms. The highest BCUT2D eigenvalue weighted by molar-refractivity contribution is 6.46. The summed E-state index contributed by atoms with van der Waals surface area (Å²) in [6, 6.07) is 11.9. The Labute approximate surface area is 199 Å². The fourth-order valence-corrected chi connectivity index (χ4v) is 4.39. The minimum absolute atomic E-state index is 0.0610. The van der Waals surface area contributed by atoms with E-state index in [1.165, 1.54) is 4.90 Å². The largest absolute Gasteiger partial charge is 0.507 e. The lowest BCUT2D eigenvalue weighted by molar-refractivity contribution is -0.140. The lowest BCUT2D eigenvalue weighted by Gasteiger charge is -2.26. The maximum absolute atomic E-state index is 13.2. The fraction of sp³-hybridized carbons (Fsp3) is 0.333. The van der Waals surface area contributed by atoms with Crippen molar-refractivity contribution >= 4 is 17.4 Å². The van der Waals surface area contributed by atoms with Gasteiger partial charge < -0.3 is 24.4 Å². The topological polar surface area (TPSA) is 79.3 Å². The van der Waals surface area contributed by atoms with E-state index in [0.29, 0.717) is 31.0 Å². The van der Waals surface area contributed by atoms with Gasteiger partial charge in [0.2, 0.25) is 0 Å². The molecule has 2 aliphatic rings. The number of likely N-dealkylation sites (N-methyl/N-ethyl adjacent to an activating group) is 1. The number of hydrogen-bond acceptors (Lipinski definition) is 6. The van der Waals surface area contributed by atoms with Gasteiger partial charge in [-0.05, 0) is 62.5 Å². The lowest BCUT2D eigenvalue weighted by atomic mass is 9.94. The number of ether oxygens (including phenoxy) is 2. The molecule has 1 fully saturated rings. The molecule has 2 aromatic rings. The molecule has 2 aromatic carbocycles. The van der Waals surface area contributed by atoms with Crippen LogP contribution in [0.1, 0.15) is 29.7 Å². The van der Waals surface area contributed by atoms with Gasteiger partial charge in [0.05, 0.1) is 11.6 Å². The van der Waals surface area contributed by atoms with Gasteiger partial charge in [0, 0.05) is 25.1 Å². The number of Topliss-reactive ketones (excluding diaryl/α,β-unsaturated/α-hetero) is 1. The molecule has 7 heteroatoms. The molecule has 0 radical (unpaired) electrons. The van der Waals surface area contributed by atoms with Gasteiger partial charge in [0.15, 0.2) is 0 Å². The van der Waals surface area contributed by atoms with Crippen molar-refractivity contribution in [2.24, 2.45) is 0 Å². The van der Waals surface area contributed by atoms with Crippen LogP contribution in [0.3, 0.4) is 0 Å². The summed E-state index contributed by atoms with van der Waals surface area (Å²) < 4.78 is 11.3. The highest BCUT2D eigenvalue weighted by Gasteiger charge is 2.46. The Morgan fingerprint density at radius 1 is 1.24 bits per heavy atom. The zero-order chi connectivity index (χ0) is 24.4. The van der Waals surface area contributed by atoms with Crippen LogP contribution in [0, 0.1) is 0 Å². The minimum atomic E-state index is -0.697. The molecule has 178 valence electrons. The van der Waals surface area contributed by atoms with E-state index in [1.54, 1.807) is 30.3 Å². The number of ketones is 1. The average molecular weight is 463 g/mol. The van der Waals surface area contributed by atoms with E-state index in [0.717, 1.165) is 23.3 Å². The highest BCUT2D eigenvalue weighted by Crippen LogP contribution is 2.40. The molecule has 0 aliphatic carbocycles. The second-order valence-electron chi connectivity index (χ2n) is 8.92. The first kappa shape index (κ1) is 23.6. The quantitative estimate of drug-likeness (QED) is 0.280. The molecule has 2 unspecified atom stereocenters. The number of fused-ring (bicyclic) bond motifs is 1. The SMILES string of the molecule is C=CCOc1ccc(C2C(=C(O)c3ccc4c(c3)CC(C)O4)C(=O)C(=O)N2CCN(C)C)cc1. The minimum Gasteiger partial charge on any atom is -0.507 e. The van der Waals surface area contributed by atoms with Crippen LogP contribution in [0.25, 0.3) is 5.76 Å². The number of carbonyl (C=O) groups excluding carboxylic acids is 2. The third-order valence-electron chi connectivity index (χ3n) is 6.06. The number of carbonyl (C=O) groups is 2. The number of likely N-dealkylation sites (tertiary alicyclic amines) is 1. The summed E-state index contributed by atoms with van der Waals surface area (Å²) in [4.78, 5) is 29.7. The van der Waals surface area contributed by atoms with Crippen molar-refractivity contribution in [2.75, 3.05) is 33.8 Å². The molecule has 2 atom stereocenters. The highest BCUT2D eigenvalue weighted by atomic mass is 16.5. The number of amides is 1. The number of nitrogens with zero attached hydrogens (tertiary/aromatic N) is 2. The Morgan fingerprint density at radius 2 is 1.97 bits per heavy atom. The second-order valence-corrected chi connectivity index (χ2v) is 8.92. The van der Waals surface area contributed by atoms with E-state index in [4.69, 9.17) is 9.47 Å². The first-order valence-electron chi connectivity index (χ1n) is 11.4. The standard InChI is InChI=1S/C27H30N2O5/c1-5-14-33-21-9-6-18(7-10-21)24-23(26(31)27(32)29(24)13-12-28(3)4)25(30)19-8-11-22-20(16-19)15-17(2)34-22/h5-11,16-17,24,30H,1,12-15H2,2-4H3. The lowest BCUT2D eigenvalue weighted by Crippen LogP contribution is -2.35. The van der Waals surface area contributed by atoms with E-state index in [1.807, 2.05) is 44.1 Å². The summed E-state index contributed by atoms with van der Waals surface area (Å²) >= 11 is 0. The number of hydrogen-bond donors (Lipinski definition) is 1. The summed E-state index contributed by atoms with van der Waals surface area (Å²) in [5, 5.41) is 11.3. The number of aliphatic hydroxyl groups is 1. The van der Waals surface area contributed by atoms with Crippen LogP contribution >= 0.6 is 0 Å². The van der Waals surface area contributed by atoms with Gasteiger partial charge in [-0.25, -0.2) is 0 Å². The van der Waals surface area contributed by atoms with Gasteiger partial charge in [0.1, 0.15) is 30.0 Å². The van der Waals surface area contributed by atoms with Crippen molar-refractivity contribution in [3.63, 3.8) is 0 Å². The maximum atomic E-state index is 13.2. The van der Waals surface area contributed by atoms with Gasteiger partial charge in [0.25, 0.3) is 11.7 Å². The summed E-state index contributed by atoms with van der Waals surface area (Å²) in [5.74, 6) is -0.0364. The van der Waals surface area contributed by atoms with E-state index < -0.39 is 17.7 Å². The molecular formula is C27H30N2O5. The molecule has 0 aromatic heterocycles. The van der Waals surface area contributed by atoms with Crippen LogP contribution in [0.4, 0.5) is 0 Å². The summed E-state index contributed by atoms with van der Waals surface area (Å²) in [6.45, 7) is 6.94. The first-order chi connectivity index (χ1) is 16.3. The second kappa shape index (κ2) is 9.73. The zero-order valence-corrected chi connectivity index (χ0v) is 19.8. The number of aliphatic hydroxyl groups excluding tert-OH is 1. The third-order valence-corrected chi connectivity index (χ3v) is 6.06. The van der Waals surface area contributed by atoms with Crippen LogP contribution in [0.5, 0.6) is 11.5 Å². The molecule has 0 bridgehead atoms. The van der Waals surface area contributed by atoms with Crippen molar-refractivity contribution in [2.45, 2.75) is 25.5 Å². The molecule has 2 heterocycles. The molecule has 34 heavy (non-hydrogen) atoms. The van der Waals surface area contributed by atoms with Crippen LogP contribution in [0.15, 0.2) is 60.7 Å². The van der Waals surface area contributed by atoms with Crippen molar-refractivity contribution in [1.82, 2.24) is 9.80 Å². The van der Waals surface area contributed by atoms with E-state index in [2.05, 4.69) is 6.58 Å². The van der Waals surface area contributed by atoms with Gasteiger partial charge in [-0.15, -0.1) is 0 Å². The van der Waals surface area contributed by atoms with Crippen molar-refractivity contribution in [1.29, 1.82) is 0 Å². The summed E-state index contributed by atoms with van der Waals surface area (Å²) in [7, 11) is 3.82. The molecule has 0 saturated carbocycles. The normalized spacial score (nSPS) is 21.0. The number of rotatable bonds is 8. The molecule has 2 aliphatic heterocycles. The Bertz CT molecular complexity index is 1140. The molecule has 1 amide bonds. The Morgan fingerprint density at radius 3 is 2.65 bits per heavy atom. The predicted octanol–water partition coefficient (Wildman–Crippen LogP) is 3.56. The Kier molecular flexibility index (Phi) is 6.75. The van der Waals surface area contributed by atoms with Crippen LogP contribution < -0.4 is 9.47 Å². The van der Waals surface area contributed by atoms with E-state index in [-0.39, 0.29) is 17.4 Å².